The Kier molecular flexibility index (Phi) is 4.09. The predicted molar refractivity (Wildman–Crippen MR) is 87.5 cm³/mol. The highest BCUT2D eigenvalue weighted by atomic mass is 16.2. The van der Waals surface area contributed by atoms with Gasteiger partial charge in [0.25, 0.3) is 5.91 Å². The zero-order chi connectivity index (χ0) is 15.5. The first kappa shape index (κ1) is 14.6. The highest BCUT2D eigenvalue weighted by Gasteiger charge is 2.29. The van der Waals surface area contributed by atoms with Gasteiger partial charge in [-0.25, -0.2) is 4.98 Å². The van der Waals surface area contributed by atoms with Gasteiger partial charge in [0.05, 0.1) is 6.04 Å². The molecule has 0 bridgehead atoms. The Morgan fingerprint density at radius 1 is 1.18 bits per heavy atom. The number of aromatic nitrogens is 1. The Hall–Kier alpha value is -2.36. The molecule has 0 saturated carbocycles. The lowest BCUT2D eigenvalue weighted by atomic mass is 9.93. The Bertz CT molecular complexity index is 669. The lowest BCUT2D eigenvalue weighted by Crippen LogP contribution is -2.38. The molecule has 2 aromatic rings. The maximum atomic E-state index is 12.8. The number of nitrogen functional groups attached to an aromatic ring is 1. The maximum Gasteiger partial charge on any atom is 0.254 e. The third-order valence-electron chi connectivity index (χ3n) is 4.29. The molecule has 0 aliphatic carbocycles. The summed E-state index contributed by atoms with van der Waals surface area (Å²) in [5.74, 6) is 0.625. The molecule has 1 saturated heterocycles. The summed E-state index contributed by atoms with van der Waals surface area (Å²) in [4.78, 5) is 19.2. The summed E-state index contributed by atoms with van der Waals surface area (Å²) < 4.78 is 0. The summed E-state index contributed by atoms with van der Waals surface area (Å²) in [7, 11) is 0. The van der Waals surface area contributed by atoms with Crippen molar-refractivity contribution in [3.63, 3.8) is 0 Å². The number of anilines is 1. The van der Waals surface area contributed by atoms with Crippen molar-refractivity contribution in [2.24, 2.45) is 0 Å². The number of hydrogen-bond donors (Lipinski definition) is 1. The fourth-order valence-electron chi connectivity index (χ4n) is 3.19. The maximum absolute atomic E-state index is 12.8. The first-order valence-corrected chi connectivity index (χ1v) is 7.76. The van der Waals surface area contributed by atoms with Crippen molar-refractivity contribution in [3.05, 3.63) is 59.3 Å². The Labute approximate surface area is 131 Å². The van der Waals surface area contributed by atoms with Crippen molar-refractivity contribution in [2.75, 3.05) is 12.3 Å². The molecule has 114 valence electrons. The van der Waals surface area contributed by atoms with Crippen LogP contribution in [0.15, 0.2) is 42.5 Å². The van der Waals surface area contributed by atoms with Gasteiger partial charge in [-0.1, -0.05) is 24.3 Å². The minimum Gasteiger partial charge on any atom is -0.384 e. The van der Waals surface area contributed by atoms with Crippen LogP contribution in [0.25, 0.3) is 0 Å². The van der Waals surface area contributed by atoms with Crippen LogP contribution in [0.1, 0.15) is 46.9 Å². The van der Waals surface area contributed by atoms with Crippen LogP contribution in [0.5, 0.6) is 0 Å². The number of amides is 1. The van der Waals surface area contributed by atoms with E-state index < -0.39 is 0 Å². The van der Waals surface area contributed by atoms with E-state index in [1.165, 1.54) is 0 Å². The van der Waals surface area contributed by atoms with Crippen LogP contribution in [0, 0.1) is 6.92 Å². The molecule has 3 rings (SSSR count). The average Bonchev–Trinajstić information content (AvgIpc) is 2.55. The van der Waals surface area contributed by atoms with Gasteiger partial charge in [-0.15, -0.1) is 0 Å². The fourth-order valence-corrected chi connectivity index (χ4v) is 3.19. The molecule has 0 radical (unpaired) electrons. The topological polar surface area (TPSA) is 59.2 Å². The summed E-state index contributed by atoms with van der Waals surface area (Å²) in [5.41, 5.74) is 8.52. The minimum absolute atomic E-state index is 0.0922. The molecular weight excluding hydrogens is 274 g/mol. The van der Waals surface area contributed by atoms with Crippen LogP contribution in [-0.4, -0.2) is 22.3 Å². The number of pyridine rings is 1. The van der Waals surface area contributed by atoms with Crippen molar-refractivity contribution in [3.8, 4) is 0 Å². The molecule has 1 aliphatic heterocycles. The van der Waals surface area contributed by atoms with Crippen LogP contribution < -0.4 is 5.73 Å². The smallest absolute Gasteiger partial charge is 0.254 e. The second-order valence-corrected chi connectivity index (χ2v) is 5.79. The highest BCUT2D eigenvalue weighted by Crippen LogP contribution is 2.33. The molecule has 1 aromatic carbocycles. The van der Waals surface area contributed by atoms with Crippen molar-refractivity contribution < 1.29 is 4.79 Å². The standard InChI is InChI=1S/C18H21N3O/c1-13-15(10-11-17(19)20-13)16-9-5-6-12-21(16)18(22)14-7-3-2-4-8-14/h2-4,7-8,10-11,16H,5-6,9,12H2,1H3,(H2,19,20). The summed E-state index contributed by atoms with van der Waals surface area (Å²) in [6.07, 6.45) is 3.16. The molecule has 1 unspecified atom stereocenters. The minimum atomic E-state index is 0.0922. The van der Waals surface area contributed by atoms with E-state index in [9.17, 15) is 4.79 Å². The molecule has 1 aromatic heterocycles. The first-order chi connectivity index (χ1) is 10.7. The van der Waals surface area contributed by atoms with Gasteiger partial charge in [0.1, 0.15) is 5.82 Å². The summed E-state index contributed by atoms with van der Waals surface area (Å²) >= 11 is 0. The number of aryl methyl sites for hydroxylation is 1. The number of nitrogens with two attached hydrogens (primary N) is 1. The zero-order valence-electron chi connectivity index (χ0n) is 12.8. The lowest BCUT2D eigenvalue weighted by molar-refractivity contribution is 0.0610. The lowest BCUT2D eigenvalue weighted by Gasteiger charge is -2.36. The predicted octanol–water partition coefficient (Wildman–Crippen LogP) is 3.34. The molecule has 1 atom stereocenters. The number of piperidine rings is 1. The van der Waals surface area contributed by atoms with Gasteiger partial charge in [-0.05, 0) is 49.9 Å². The number of carbonyl (C=O) groups is 1. The SMILES string of the molecule is Cc1nc(N)ccc1C1CCCCN1C(=O)c1ccccc1. The van der Waals surface area contributed by atoms with E-state index >= 15 is 0 Å². The molecule has 1 aliphatic rings. The number of benzene rings is 1. The van der Waals surface area contributed by atoms with Gasteiger partial charge < -0.3 is 10.6 Å². The van der Waals surface area contributed by atoms with Crippen molar-refractivity contribution >= 4 is 11.7 Å². The molecular formula is C18H21N3O. The van der Waals surface area contributed by atoms with E-state index in [0.717, 1.165) is 42.6 Å². The van der Waals surface area contributed by atoms with Crippen LogP contribution in [-0.2, 0) is 0 Å². The van der Waals surface area contributed by atoms with Crippen LogP contribution in [0.4, 0.5) is 5.82 Å². The van der Waals surface area contributed by atoms with Gasteiger partial charge >= 0.3 is 0 Å². The zero-order valence-corrected chi connectivity index (χ0v) is 12.8. The summed E-state index contributed by atoms with van der Waals surface area (Å²) in [5, 5.41) is 0. The number of nitrogens with zero attached hydrogens (tertiary/aromatic N) is 2. The Morgan fingerprint density at radius 3 is 2.68 bits per heavy atom. The summed E-state index contributed by atoms with van der Waals surface area (Å²) in [6, 6.07) is 13.4. The van der Waals surface area contributed by atoms with Crippen molar-refractivity contribution in [1.82, 2.24) is 9.88 Å². The van der Waals surface area contributed by atoms with E-state index in [2.05, 4.69) is 4.98 Å². The number of carbonyl (C=O) groups excluding carboxylic acids is 1. The van der Waals surface area contributed by atoms with Crippen molar-refractivity contribution in [2.45, 2.75) is 32.2 Å². The van der Waals surface area contributed by atoms with Gasteiger partial charge in [0.2, 0.25) is 0 Å². The Balaban J connectivity index is 1.93. The molecule has 2 heterocycles. The third-order valence-corrected chi connectivity index (χ3v) is 4.29. The van der Waals surface area contributed by atoms with E-state index in [1.54, 1.807) is 0 Å². The van der Waals surface area contributed by atoms with Crippen LogP contribution in [0.2, 0.25) is 0 Å². The Morgan fingerprint density at radius 2 is 1.95 bits per heavy atom. The number of rotatable bonds is 2. The molecule has 1 amide bonds. The second-order valence-electron chi connectivity index (χ2n) is 5.79. The summed E-state index contributed by atoms with van der Waals surface area (Å²) in [6.45, 7) is 2.76. The molecule has 1 fully saturated rings. The van der Waals surface area contributed by atoms with Crippen LogP contribution in [0.3, 0.4) is 0 Å². The fraction of sp³-hybridized carbons (Fsp3) is 0.333. The average molecular weight is 295 g/mol. The second kappa shape index (κ2) is 6.18. The van der Waals surface area contributed by atoms with E-state index in [-0.39, 0.29) is 11.9 Å². The molecule has 4 heteroatoms. The van der Waals surface area contributed by atoms with E-state index in [1.807, 2.05) is 54.3 Å². The third kappa shape index (κ3) is 2.82. The van der Waals surface area contributed by atoms with Gasteiger partial charge in [-0.3, -0.25) is 4.79 Å². The van der Waals surface area contributed by atoms with Gasteiger partial charge in [0, 0.05) is 17.8 Å². The van der Waals surface area contributed by atoms with Crippen molar-refractivity contribution in [1.29, 1.82) is 0 Å². The first-order valence-electron chi connectivity index (χ1n) is 7.76. The monoisotopic (exact) mass is 295 g/mol. The molecule has 22 heavy (non-hydrogen) atoms. The quantitative estimate of drug-likeness (QED) is 0.924. The van der Waals surface area contributed by atoms with Gasteiger partial charge in [0.15, 0.2) is 0 Å². The molecule has 2 N–H and O–H groups in total. The van der Waals surface area contributed by atoms with Gasteiger partial charge in [-0.2, -0.15) is 0 Å². The van der Waals surface area contributed by atoms with E-state index in [0.29, 0.717) is 5.82 Å². The molecule has 4 nitrogen and oxygen atoms in total. The largest absolute Gasteiger partial charge is 0.384 e. The van der Waals surface area contributed by atoms with Crippen LogP contribution >= 0.6 is 0 Å². The van der Waals surface area contributed by atoms with E-state index in [4.69, 9.17) is 5.73 Å². The number of hydrogen-bond acceptors (Lipinski definition) is 3. The highest BCUT2D eigenvalue weighted by molar-refractivity contribution is 5.94. The normalized spacial score (nSPS) is 18.2. The molecule has 0 spiro atoms. The number of likely N-dealkylation sites (tertiary alicyclic amines) is 1.